The van der Waals surface area contributed by atoms with Gasteiger partial charge in [-0.15, -0.1) is 17.6 Å². The van der Waals surface area contributed by atoms with Gasteiger partial charge in [0.15, 0.2) is 0 Å². The maximum atomic E-state index is 11.4. The third-order valence-electron chi connectivity index (χ3n) is 4.26. The number of carbonyl (C=O) groups excluding carboxylic acids is 1. The Morgan fingerprint density at radius 2 is 2.13 bits per heavy atom. The average molecular weight is 350 g/mol. The Hall–Kier alpha value is -1.34. The topological polar surface area (TPSA) is 102 Å². The Labute approximate surface area is 143 Å². The van der Waals surface area contributed by atoms with E-state index >= 15 is 0 Å². The predicted octanol–water partition coefficient (Wildman–Crippen LogP) is 1.58. The minimum Gasteiger partial charge on any atom is -0.480 e. The molecule has 1 heterocycles. The Morgan fingerprint density at radius 1 is 1.48 bits per heavy atom. The molecule has 3 unspecified atom stereocenters. The number of halogens is 1. The largest absolute Gasteiger partial charge is 0.480 e. The van der Waals surface area contributed by atoms with Gasteiger partial charge in [0.25, 0.3) is 0 Å². The number of amides is 1. The molecular formula is C15H28ClN3O4. The van der Waals surface area contributed by atoms with Crippen molar-refractivity contribution in [2.75, 3.05) is 13.1 Å². The first-order valence-corrected chi connectivity index (χ1v) is 7.80. The SMILES string of the molecule is CCC[C@@H](CN1CC(C=NO)CC1C(=O)O)C(C)NC(C)=O.Cl. The highest BCUT2D eigenvalue weighted by molar-refractivity contribution is 5.85. The molecule has 8 heteroatoms. The maximum Gasteiger partial charge on any atom is 0.320 e. The van der Waals surface area contributed by atoms with E-state index in [0.29, 0.717) is 19.5 Å². The molecule has 1 saturated heterocycles. The van der Waals surface area contributed by atoms with Gasteiger partial charge in [0.1, 0.15) is 6.04 Å². The Balaban J connectivity index is 0.00000484. The van der Waals surface area contributed by atoms with Crippen LogP contribution in [0.2, 0.25) is 0 Å². The first-order valence-electron chi connectivity index (χ1n) is 7.80. The molecule has 0 aliphatic carbocycles. The number of carboxylic acids is 1. The molecule has 0 spiro atoms. The number of oxime groups is 1. The summed E-state index contributed by atoms with van der Waals surface area (Å²) in [6.45, 7) is 6.70. The summed E-state index contributed by atoms with van der Waals surface area (Å²) in [5, 5.41) is 24.0. The lowest BCUT2D eigenvalue weighted by Crippen LogP contribution is -2.45. The third kappa shape index (κ3) is 6.74. The van der Waals surface area contributed by atoms with E-state index in [4.69, 9.17) is 5.21 Å². The molecular weight excluding hydrogens is 322 g/mol. The van der Waals surface area contributed by atoms with Crippen molar-refractivity contribution in [3.8, 4) is 0 Å². The smallest absolute Gasteiger partial charge is 0.320 e. The third-order valence-corrected chi connectivity index (χ3v) is 4.26. The predicted molar refractivity (Wildman–Crippen MR) is 90.3 cm³/mol. The Bertz CT molecular complexity index is 420. The Kier molecular flexibility index (Phi) is 9.83. The molecule has 0 saturated carbocycles. The second kappa shape index (κ2) is 10.4. The highest BCUT2D eigenvalue weighted by Gasteiger charge is 2.37. The van der Waals surface area contributed by atoms with Gasteiger partial charge in [0, 0.05) is 38.2 Å². The standard InChI is InChI=1S/C15H27N3O4.ClH/c1-4-5-13(10(2)17-11(3)19)9-18-8-12(7-16-22)6-14(18)15(20)21;/h7,10,12-14,22H,4-6,8-9H2,1-3H3,(H,17,19)(H,20,21);1H/t10?,12?,13-,14?;/m0./s1. The minimum absolute atomic E-state index is 0. The molecule has 3 N–H and O–H groups in total. The van der Waals surface area contributed by atoms with E-state index in [0.717, 1.165) is 12.8 Å². The zero-order valence-corrected chi connectivity index (χ0v) is 14.8. The second-order valence-corrected chi connectivity index (χ2v) is 6.11. The van der Waals surface area contributed by atoms with E-state index in [9.17, 15) is 14.7 Å². The van der Waals surface area contributed by atoms with Gasteiger partial charge in [-0.2, -0.15) is 0 Å². The van der Waals surface area contributed by atoms with Gasteiger partial charge < -0.3 is 15.6 Å². The molecule has 0 radical (unpaired) electrons. The van der Waals surface area contributed by atoms with Crippen LogP contribution in [0.5, 0.6) is 0 Å². The van der Waals surface area contributed by atoms with Crippen molar-refractivity contribution in [1.29, 1.82) is 0 Å². The van der Waals surface area contributed by atoms with Crippen molar-refractivity contribution >= 4 is 30.5 Å². The quantitative estimate of drug-likeness (QED) is 0.351. The van der Waals surface area contributed by atoms with Gasteiger partial charge in [0.05, 0.1) is 0 Å². The first-order chi connectivity index (χ1) is 10.4. The van der Waals surface area contributed by atoms with Crippen LogP contribution in [0.3, 0.4) is 0 Å². The molecule has 7 nitrogen and oxygen atoms in total. The molecule has 4 atom stereocenters. The fourth-order valence-corrected chi connectivity index (χ4v) is 3.21. The normalized spacial score (nSPS) is 24.1. The van der Waals surface area contributed by atoms with E-state index in [1.807, 2.05) is 11.8 Å². The zero-order valence-electron chi connectivity index (χ0n) is 13.9. The van der Waals surface area contributed by atoms with Crippen LogP contribution in [0.25, 0.3) is 0 Å². The van der Waals surface area contributed by atoms with Crippen LogP contribution in [0.4, 0.5) is 0 Å². The van der Waals surface area contributed by atoms with Crippen LogP contribution >= 0.6 is 12.4 Å². The number of likely N-dealkylation sites (tertiary alicyclic amines) is 1. The molecule has 0 aromatic rings. The number of hydrogen-bond donors (Lipinski definition) is 3. The average Bonchev–Trinajstić information content (AvgIpc) is 2.81. The summed E-state index contributed by atoms with van der Waals surface area (Å²) < 4.78 is 0. The second-order valence-electron chi connectivity index (χ2n) is 6.11. The fourth-order valence-electron chi connectivity index (χ4n) is 3.21. The summed E-state index contributed by atoms with van der Waals surface area (Å²) >= 11 is 0. The van der Waals surface area contributed by atoms with Crippen LogP contribution in [-0.2, 0) is 9.59 Å². The van der Waals surface area contributed by atoms with E-state index in [-0.39, 0.29) is 36.2 Å². The van der Waals surface area contributed by atoms with Crippen molar-refractivity contribution in [3.05, 3.63) is 0 Å². The fraction of sp³-hybridized carbons (Fsp3) is 0.800. The molecule has 1 aliphatic rings. The van der Waals surface area contributed by atoms with E-state index in [2.05, 4.69) is 17.4 Å². The summed E-state index contributed by atoms with van der Waals surface area (Å²) in [6, 6.07) is -0.565. The summed E-state index contributed by atoms with van der Waals surface area (Å²) in [6.07, 6.45) is 3.75. The highest BCUT2D eigenvalue weighted by atomic mass is 35.5. The number of carbonyl (C=O) groups is 2. The lowest BCUT2D eigenvalue weighted by atomic mass is 9.95. The van der Waals surface area contributed by atoms with Crippen molar-refractivity contribution in [1.82, 2.24) is 10.2 Å². The lowest BCUT2D eigenvalue weighted by molar-refractivity contribution is -0.142. The molecule has 1 amide bonds. The van der Waals surface area contributed by atoms with E-state index < -0.39 is 12.0 Å². The maximum absolute atomic E-state index is 11.4. The van der Waals surface area contributed by atoms with Crippen molar-refractivity contribution < 1.29 is 19.9 Å². The van der Waals surface area contributed by atoms with Gasteiger partial charge in [-0.25, -0.2) is 0 Å². The van der Waals surface area contributed by atoms with Crippen LogP contribution in [0.15, 0.2) is 5.16 Å². The van der Waals surface area contributed by atoms with Crippen LogP contribution in [0, 0.1) is 11.8 Å². The molecule has 0 bridgehead atoms. The lowest BCUT2D eigenvalue weighted by Gasteiger charge is -2.30. The summed E-state index contributed by atoms with van der Waals surface area (Å²) in [5.74, 6) is -0.781. The number of carboxylic acid groups (broad SMARTS) is 1. The van der Waals surface area contributed by atoms with Crippen molar-refractivity contribution in [3.63, 3.8) is 0 Å². The summed E-state index contributed by atoms with van der Waals surface area (Å²) in [7, 11) is 0. The number of hydrogen-bond acceptors (Lipinski definition) is 5. The van der Waals surface area contributed by atoms with Crippen LogP contribution in [0.1, 0.15) is 40.0 Å². The van der Waals surface area contributed by atoms with Gasteiger partial charge in [-0.3, -0.25) is 14.5 Å². The van der Waals surface area contributed by atoms with Crippen molar-refractivity contribution in [2.45, 2.75) is 52.1 Å². The number of rotatable bonds is 8. The molecule has 0 aromatic carbocycles. The number of aliphatic carboxylic acids is 1. The van der Waals surface area contributed by atoms with Crippen LogP contribution in [-0.4, -0.2) is 58.5 Å². The zero-order chi connectivity index (χ0) is 16.7. The number of nitrogens with zero attached hydrogens (tertiary/aromatic N) is 2. The van der Waals surface area contributed by atoms with Crippen LogP contribution < -0.4 is 5.32 Å². The molecule has 23 heavy (non-hydrogen) atoms. The molecule has 0 aromatic heterocycles. The monoisotopic (exact) mass is 349 g/mol. The number of nitrogens with one attached hydrogen (secondary N) is 1. The molecule has 134 valence electrons. The van der Waals surface area contributed by atoms with E-state index in [1.54, 1.807) is 0 Å². The van der Waals surface area contributed by atoms with Gasteiger partial charge >= 0.3 is 5.97 Å². The molecule has 1 fully saturated rings. The van der Waals surface area contributed by atoms with Crippen molar-refractivity contribution in [2.24, 2.45) is 17.0 Å². The Morgan fingerprint density at radius 3 is 2.61 bits per heavy atom. The van der Waals surface area contributed by atoms with Gasteiger partial charge in [-0.05, 0) is 25.7 Å². The minimum atomic E-state index is -0.851. The highest BCUT2D eigenvalue weighted by Crippen LogP contribution is 2.25. The summed E-state index contributed by atoms with van der Waals surface area (Å²) in [4.78, 5) is 24.6. The van der Waals surface area contributed by atoms with Gasteiger partial charge in [-0.1, -0.05) is 13.3 Å². The van der Waals surface area contributed by atoms with Gasteiger partial charge in [0.2, 0.25) is 5.91 Å². The first kappa shape index (κ1) is 21.7. The molecule has 1 aliphatic heterocycles. The summed E-state index contributed by atoms with van der Waals surface area (Å²) in [5.41, 5.74) is 0. The molecule has 1 rings (SSSR count). The van der Waals surface area contributed by atoms with E-state index in [1.165, 1.54) is 13.1 Å².